The monoisotopic (exact) mass is 458 g/mol. The van der Waals surface area contributed by atoms with Gasteiger partial charge in [0.2, 0.25) is 11.9 Å². The maximum Gasteiger partial charge on any atom is 0.258 e. The van der Waals surface area contributed by atoms with E-state index < -0.39 is 6.35 Å². The van der Waals surface area contributed by atoms with E-state index in [0.717, 1.165) is 0 Å². The van der Waals surface area contributed by atoms with Gasteiger partial charge in [-0.25, -0.2) is 0 Å². The SMILES string of the molecule is CC(C)NC1=NC(OCCNC(=O)COc2ccc(Cl)cc2Cl)N=C(NC(C)C)N1. The van der Waals surface area contributed by atoms with E-state index in [1.807, 2.05) is 27.7 Å². The van der Waals surface area contributed by atoms with Crippen LogP contribution >= 0.6 is 23.2 Å². The van der Waals surface area contributed by atoms with Crippen molar-refractivity contribution in [3.63, 3.8) is 0 Å². The average molecular weight is 459 g/mol. The quantitative estimate of drug-likeness (QED) is 0.422. The van der Waals surface area contributed by atoms with Crippen molar-refractivity contribution in [2.75, 3.05) is 19.8 Å². The summed E-state index contributed by atoms with van der Waals surface area (Å²) >= 11 is 11.8. The lowest BCUT2D eigenvalue weighted by Gasteiger charge is -2.25. The normalized spacial score (nSPS) is 14.1. The number of ether oxygens (including phenoxy) is 2. The van der Waals surface area contributed by atoms with Crippen molar-refractivity contribution >= 4 is 41.0 Å². The number of rotatable bonds is 9. The van der Waals surface area contributed by atoms with Gasteiger partial charge in [0.25, 0.3) is 12.3 Å². The van der Waals surface area contributed by atoms with Crippen LogP contribution in [0.4, 0.5) is 0 Å². The molecule has 1 aromatic carbocycles. The van der Waals surface area contributed by atoms with Gasteiger partial charge in [-0.05, 0) is 45.9 Å². The van der Waals surface area contributed by atoms with Crippen molar-refractivity contribution in [2.45, 2.75) is 46.1 Å². The van der Waals surface area contributed by atoms with Gasteiger partial charge in [-0.1, -0.05) is 23.2 Å². The zero-order valence-corrected chi connectivity index (χ0v) is 19.0. The minimum atomic E-state index is -0.713. The average Bonchev–Trinajstić information content (AvgIpc) is 2.63. The highest BCUT2D eigenvalue weighted by Gasteiger charge is 2.18. The molecule has 0 saturated heterocycles. The molecule has 0 aliphatic carbocycles. The predicted octanol–water partition coefficient (Wildman–Crippen LogP) is 2.10. The second kappa shape index (κ2) is 11.8. The molecule has 0 spiro atoms. The molecule has 1 aliphatic heterocycles. The van der Waals surface area contributed by atoms with Crippen LogP contribution in [0.3, 0.4) is 0 Å². The number of carbonyl (C=O) groups is 1. The van der Waals surface area contributed by atoms with Crippen LogP contribution in [0.25, 0.3) is 0 Å². The number of carbonyl (C=O) groups excluding carboxylic acids is 1. The Balaban J connectivity index is 1.76. The van der Waals surface area contributed by atoms with Crippen LogP contribution in [0, 0.1) is 0 Å². The van der Waals surface area contributed by atoms with E-state index in [1.165, 1.54) is 0 Å². The topological polar surface area (TPSA) is 108 Å². The van der Waals surface area contributed by atoms with E-state index in [2.05, 4.69) is 31.3 Å². The second-order valence-electron chi connectivity index (χ2n) is 7.09. The third-order valence-electron chi connectivity index (χ3n) is 3.51. The molecule has 0 bridgehead atoms. The Bertz CT molecular complexity index is 760. The van der Waals surface area contributed by atoms with E-state index in [4.69, 9.17) is 32.7 Å². The Hall–Kier alpha value is -2.23. The van der Waals surface area contributed by atoms with E-state index in [-0.39, 0.29) is 37.7 Å². The lowest BCUT2D eigenvalue weighted by Crippen LogP contribution is -2.53. The van der Waals surface area contributed by atoms with Gasteiger partial charge >= 0.3 is 0 Å². The van der Waals surface area contributed by atoms with Gasteiger partial charge in [0.05, 0.1) is 11.6 Å². The zero-order valence-electron chi connectivity index (χ0n) is 17.5. The Morgan fingerprint density at radius 1 is 1.13 bits per heavy atom. The van der Waals surface area contributed by atoms with Crippen LogP contribution in [0.1, 0.15) is 27.7 Å². The summed E-state index contributed by atoms with van der Waals surface area (Å²) in [7, 11) is 0. The first kappa shape index (κ1) is 24.0. The molecule has 0 atom stereocenters. The maximum atomic E-state index is 11.9. The van der Waals surface area contributed by atoms with Crippen LogP contribution in [0.2, 0.25) is 10.0 Å². The van der Waals surface area contributed by atoms with Crippen molar-refractivity contribution in [3.8, 4) is 5.75 Å². The number of benzene rings is 1. The molecule has 9 nitrogen and oxygen atoms in total. The molecule has 1 aliphatic rings. The third kappa shape index (κ3) is 8.64. The molecule has 0 radical (unpaired) electrons. The van der Waals surface area contributed by atoms with E-state index in [0.29, 0.717) is 27.7 Å². The van der Waals surface area contributed by atoms with Crippen LogP contribution in [0.15, 0.2) is 28.2 Å². The minimum absolute atomic E-state index is 0.171. The first-order valence-corrected chi connectivity index (χ1v) is 10.4. The minimum Gasteiger partial charge on any atom is -0.482 e. The highest BCUT2D eigenvalue weighted by molar-refractivity contribution is 6.35. The number of aliphatic imine (C=N–C) groups is 2. The Labute approximate surface area is 186 Å². The standard InChI is InChI=1S/C19H28Cl2N6O3/c1-11(2)23-17-25-18(24-12(3)4)27-19(26-17)29-8-7-22-16(28)10-30-15-6-5-13(20)9-14(15)21/h5-6,9,11-12,19H,7-8,10H2,1-4H3,(H,22,28)(H3,23,24,25,26,27). The van der Waals surface area contributed by atoms with Gasteiger partial charge in [0.1, 0.15) is 5.75 Å². The fourth-order valence-corrected chi connectivity index (χ4v) is 2.80. The van der Waals surface area contributed by atoms with Crippen LogP contribution in [-0.2, 0) is 9.53 Å². The van der Waals surface area contributed by atoms with Gasteiger partial charge in [0, 0.05) is 23.7 Å². The van der Waals surface area contributed by atoms with Crippen LogP contribution in [0.5, 0.6) is 5.75 Å². The molecule has 1 amide bonds. The van der Waals surface area contributed by atoms with Gasteiger partial charge in [-0.15, -0.1) is 0 Å². The molecule has 4 N–H and O–H groups in total. The second-order valence-corrected chi connectivity index (χ2v) is 7.93. The highest BCUT2D eigenvalue weighted by atomic mass is 35.5. The van der Waals surface area contributed by atoms with Crippen molar-refractivity contribution < 1.29 is 14.3 Å². The highest BCUT2D eigenvalue weighted by Crippen LogP contribution is 2.27. The molecule has 11 heteroatoms. The molecular weight excluding hydrogens is 431 g/mol. The summed E-state index contributed by atoms with van der Waals surface area (Å²) in [6, 6.07) is 5.20. The number of nitrogens with one attached hydrogen (secondary N) is 4. The molecule has 0 unspecified atom stereocenters. The first-order valence-electron chi connectivity index (χ1n) is 9.64. The lowest BCUT2D eigenvalue weighted by molar-refractivity contribution is -0.123. The number of nitrogens with zero attached hydrogens (tertiary/aromatic N) is 2. The number of hydrogen-bond donors (Lipinski definition) is 4. The summed E-state index contributed by atoms with van der Waals surface area (Å²) in [4.78, 5) is 20.7. The number of hydrogen-bond acceptors (Lipinski definition) is 8. The van der Waals surface area contributed by atoms with Crippen LogP contribution in [-0.4, -0.2) is 56.0 Å². The van der Waals surface area contributed by atoms with Gasteiger partial charge in [-0.3, -0.25) is 10.1 Å². The lowest BCUT2D eigenvalue weighted by atomic mass is 10.3. The Morgan fingerprint density at radius 3 is 2.33 bits per heavy atom. The van der Waals surface area contributed by atoms with Gasteiger partial charge in [-0.2, -0.15) is 9.98 Å². The molecule has 166 valence electrons. The summed E-state index contributed by atoms with van der Waals surface area (Å²) in [6.45, 7) is 8.38. The van der Waals surface area contributed by atoms with E-state index in [1.54, 1.807) is 18.2 Å². The molecule has 0 aromatic heterocycles. The summed E-state index contributed by atoms with van der Waals surface area (Å²) in [6.07, 6.45) is -0.713. The largest absolute Gasteiger partial charge is 0.482 e. The summed E-state index contributed by atoms with van der Waals surface area (Å²) < 4.78 is 11.1. The molecule has 30 heavy (non-hydrogen) atoms. The molecular formula is C19H28Cl2N6O3. The molecule has 0 fully saturated rings. The van der Waals surface area contributed by atoms with Gasteiger partial charge in [0.15, 0.2) is 6.61 Å². The Kier molecular flexibility index (Phi) is 9.48. The molecule has 0 saturated carbocycles. The maximum absolute atomic E-state index is 11.9. The van der Waals surface area contributed by atoms with E-state index in [9.17, 15) is 4.79 Å². The molecule has 2 rings (SSSR count). The first-order chi connectivity index (χ1) is 14.2. The number of amides is 1. The van der Waals surface area contributed by atoms with Crippen molar-refractivity contribution in [1.82, 2.24) is 21.3 Å². The van der Waals surface area contributed by atoms with Gasteiger partial charge < -0.3 is 25.4 Å². The third-order valence-corrected chi connectivity index (χ3v) is 4.04. The molecule has 1 heterocycles. The molecule has 1 aromatic rings. The smallest absolute Gasteiger partial charge is 0.258 e. The van der Waals surface area contributed by atoms with Crippen molar-refractivity contribution in [2.24, 2.45) is 9.98 Å². The summed E-state index contributed by atoms with van der Waals surface area (Å²) in [5.74, 6) is 1.24. The van der Waals surface area contributed by atoms with Crippen LogP contribution < -0.4 is 26.0 Å². The van der Waals surface area contributed by atoms with E-state index >= 15 is 0 Å². The van der Waals surface area contributed by atoms with Crippen molar-refractivity contribution in [1.29, 1.82) is 0 Å². The summed E-state index contributed by atoms with van der Waals surface area (Å²) in [5.41, 5.74) is 0. The fraction of sp³-hybridized carbons (Fsp3) is 0.526. The number of halogens is 2. The number of guanidine groups is 2. The summed E-state index contributed by atoms with van der Waals surface area (Å²) in [5, 5.41) is 13.0. The zero-order chi connectivity index (χ0) is 22.1. The Morgan fingerprint density at radius 2 is 1.77 bits per heavy atom. The fourth-order valence-electron chi connectivity index (χ4n) is 2.34. The van der Waals surface area contributed by atoms with Crippen molar-refractivity contribution in [3.05, 3.63) is 28.2 Å². The predicted molar refractivity (Wildman–Crippen MR) is 119 cm³/mol.